The van der Waals surface area contributed by atoms with E-state index in [0.717, 1.165) is 71.8 Å². The van der Waals surface area contributed by atoms with E-state index < -0.39 is 0 Å². The van der Waals surface area contributed by atoms with Crippen LogP contribution in [-0.2, 0) is 0 Å². The number of hydrogen-bond donors (Lipinski definition) is 0. The molecule has 0 atom stereocenters. The van der Waals surface area contributed by atoms with Gasteiger partial charge in [-0.25, -0.2) is 15.0 Å². The van der Waals surface area contributed by atoms with Crippen molar-refractivity contribution < 1.29 is 4.42 Å². The Hall–Kier alpha value is -8.73. The van der Waals surface area contributed by atoms with E-state index in [0.29, 0.717) is 17.5 Å². The van der Waals surface area contributed by atoms with E-state index >= 15 is 0 Å². The Balaban J connectivity index is 0.969. The molecular weight excluding hydrogens is 791 g/mol. The molecule has 0 N–H and O–H groups in total. The van der Waals surface area contributed by atoms with Gasteiger partial charge in [-0.3, -0.25) is 0 Å². The fourth-order valence-electron chi connectivity index (χ4n) is 9.10. The van der Waals surface area contributed by atoms with E-state index in [1.165, 1.54) is 33.2 Å². The van der Waals surface area contributed by atoms with Crippen LogP contribution in [0.4, 0.5) is 0 Å². The highest BCUT2D eigenvalue weighted by Gasteiger charge is 2.20. The van der Waals surface area contributed by atoms with Gasteiger partial charge in [-0.1, -0.05) is 218 Å². The molecule has 4 heteroatoms. The van der Waals surface area contributed by atoms with Crippen LogP contribution >= 0.6 is 0 Å². The highest BCUT2D eigenvalue weighted by Crippen LogP contribution is 2.41. The predicted octanol–water partition coefficient (Wildman–Crippen LogP) is 16.3. The fourth-order valence-corrected chi connectivity index (χ4v) is 9.10. The van der Waals surface area contributed by atoms with Crippen LogP contribution < -0.4 is 0 Å². The van der Waals surface area contributed by atoms with Gasteiger partial charge in [0, 0.05) is 33.0 Å². The Kier molecular flexibility index (Phi) is 9.46. The SMILES string of the molecule is c1ccc(-c2ccc(-c3nc(-c4ccc5c(-c6ccccc6)cccc5c4)nc(-c4cccc5oc6c(-c7ccc(-c8cccc(-c9ccccc9)c8)cc7)cccc6c45)n3)cc2)cc1. The molecule has 0 aliphatic rings. The van der Waals surface area contributed by atoms with Crippen molar-refractivity contribution in [2.45, 2.75) is 0 Å². The summed E-state index contributed by atoms with van der Waals surface area (Å²) in [4.78, 5) is 15.7. The lowest BCUT2D eigenvalue weighted by molar-refractivity contribution is 0.670. The van der Waals surface area contributed by atoms with Crippen molar-refractivity contribution in [2.24, 2.45) is 0 Å². The molecule has 0 saturated carbocycles. The zero-order chi connectivity index (χ0) is 43.1. The minimum Gasteiger partial charge on any atom is -0.455 e. The molecule has 12 rings (SSSR count). The van der Waals surface area contributed by atoms with Crippen LogP contribution in [0.2, 0.25) is 0 Å². The molecule has 0 spiro atoms. The number of hydrogen-bond acceptors (Lipinski definition) is 4. The van der Waals surface area contributed by atoms with Gasteiger partial charge in [0.25, 0.3) is 0 Å². The van der Waals surface area contributed by atoms with Crippen LogP contribution in [0.5, 0.6) is 0 Å². The van der Waals surface area contributed by atoms with Crippen LogP contribution in [-0.4, -0.2) is 15.0 Å². The van der Waals surface area contributed by atoms with Crippen molar-refractivity contribution in [1.82, 2.24) is 15.0 Å². The standard InChI is InChI=1S/C61H39N3O/c1-4-14-40(15-5-1)42-30-34-46(35-31-42)59-62-60(50-36-37-52-49(39-50)22-11-23-51(52)44-18-8-3-9-19-44)64-61(63-59)55-26-13-27-56-57(55)54-25-12-24-53(58(54)65-56)45-32-28-43(29-33-45)48-21-10-20-47(38-48)41-16-6-2-7-17-41/h1-39H. The summed E-state index contributed by atoms with van der Waals surface area (Å²) in [6.07, 6.45) is 0. The van der Waals surface area contributed by atoms with Crippen molar-refractivity contribution in [3.8, 4) is 89.8 Å². The maximum absolute atomic E-state index is 6.79. The van der Waals surface area contributed by atoms with E-state index in [9.17, 15) is 0 Å². The normalized spacial score (nSPS) is 11.4. The minimum atomic E-state index is 0.580. The number of nitrogens with zero attached hydrogens (tertiary/aromatic N) is 3. The first-order valence-corrected chi connectivity index (χ1v) is 21.9. The Morgan fingerprint density at radius 1 is 0.262 bits per heavy atom. The Morgan fingerprint density at radius 2 is 0.723 bits per heavy atom. The van der Waals surface area contributed by atoms with E-state index in [-0.39, 0.29) is 0 Å². The molecule has 4 nitrogen and oxygen atoms in total. The maximum Gasteiger partial charge on any atom is 0.164 e. The predicted molar refractivity (Wildman–Crippen MR) is 268 cm³/mol. The molecule has 0 fully saturated rings. The largest absolute Gasteiger partial charge is 0.455 e. The smallest absolute Gasteiger partial charge is 0.164 e. The van der Waals surface area contributed by atoms with E-state index in [2.05, 4.69) is 218 Å². The van der Waals surface area contributed by atoms with E-state index in [4.69, 9.17) is 19.4 Å². The third-order valence-corrected chi connectivity index (χ3v) is 12.4. The van der Waals surface area contributed by atoms with Gasteiger partial charge in [0.1, 0.15) is 11.2 Å². The monoisotopic (exact) mass is 829 g/mol. The van der Waals surface area contributed by atoms with Gasteiger partial charge < -0.3 is 4.42 Å². The van der Waals surface area contributed by atoms with Crippen molar-refractivity contribution in [2.75, 3.05) is 0 Å². The van der Waals surface area contributed by atoms with Crippen molar-refractivity contribution in [3.63, 3.8) is 0 Å². The molecule has 65 heavy (non-hydrogen) atoms. The first-order valence-electron chi connectivity index (χ1n) is 21.9. The lowest BCUT2D eigenvalue weighted by Gasteiger charge is -2.11. The number of aromatic nitrogens is 3. The third-order valence-electron chi connectivity index (χ3n) is 12.4. The lowest BCUT2D eigenvalue weighted by Crippen LogP contribution is -2.00. The van der Waals surface area contributed by atoms with Crippen LogP contribution in [0.3, 0.4) is 0 Å². The summed E-state index contributed by atoms with van der Waals surface area (Å²) in [5.74, 6) is 1.78. The first kappa shape index (κ1) is 38.0. The summed E-state index contributed by atoms with van der Waals surface area (Å²) in [6, 6.07) is 82.9. The second kappa shape index (κ2) is 16.2. The summed E-state index contributed by atoms with van der Waals surface area (Å²) >= 11 is 0. The van der Waals surface area contributed by atoms with Gasteiger partial charge in [-0.15, -0.1) is 0 Å². The van der Waals surface area contributed by atoms with Crippen LogP contribution in [0.15, 0.2) is 241 Å². The first-order chi connectivity index (χ1) is 32.2. The molecule has 2 aromatic heterocycles. The number of para-hydroxylation sites is 1. The molecule has 0 unspecified atom stereocenters. The average Bonchev–Trinajstić information content (AvgIpc) is 3.79. The molecule has 0 saturated heterocycles. The van der Waals surface area contributed by atoms with Crippen LogP contribution in [0.25, 0.3) is 123 Å². The Bertz CT molecular complexity index is 3670. The highest BCUT2D eigenvalue weighted by molar-refractivity contribution is 6.15. The summed E-state index contributed by atoms with van der Waals surface area (Å²) in [5, 5.41) is 4.25. The van der Waals surface area contributed by atoms with Gasteiger partial charge in [-0.05, 0) is 79.0 Å². The average molecular weight is 830 g/mol. The third kappa shape index (κ3) is 7.13. The maximum atomic E-state index is 6.79. The molecule has 12 aromatic rings. The number of rotatable bonds is 8. The van der Waals surface area contributed by atoms with Gasteiger partial charge in [0.2, 0.25) is 0 Å². The molecule has 0 bridgehead atoms. The lowest BCUT2D eigenvalue weighted by atomic mass is 9.96. The molecule has 0 amide bonds. The van der Waals surface area contributed by atoms with Crippen LogP contribution in [0.1, 0.15) is 0 Å². The molecular formula is C61H39N3O. The highest BCUT2D eigenvalue weighted by atomic mass is 16.3. The van der Waals surface area contributed by atoms with Crippen molar-refractivity contribution in [3.05, 3.63) is 237 Å². The second-order valence-corrected chi connectivity index (χ2v) is 16.3. The number of fused-ring (bicyclic) bond motifs is 4. The number of furan rings is 1. The fraction of sp³-hybridized carbons (Fsp3) is 0. The zero-order valence-electron chi connectivity index (χ0n) is 35.3. The summed E-state index contributed by atoms with van der Waals surface area (Å²) < 4.78 is 6.79. The Labute approximate surface area is 376 Å². The molecule has 0 radical (unpaired) electrons. The van der Waals surface area contributed by atoms with Gasteiger partial charge in [0.05, 0.1) is 0 Å². The molecule has 304 valence electrons. The topological polar surface area (TPSA) is 51.8 Å². The zero-order valence-corrected chi connectivity index (χ0v) is 35.3. The van der Waals surface area contributed by atoms with Gasteiger partial charge >= 0.3 is 0 Å². The number of benzene rings is 10. The minimum absolute atomic E-state index is 0.580. The van der Waals surface area contributed by atoms with E-state index in [1.54, 1.807) is 0 Å². The summed E-state index contributed by atoms with van der Waals surface area (Å²) in [6.45, 7) is 0. The summed E-state index contributed by atoms with van der Waals surface area (Å²) in [5.41, 5.74) is 15.8. The van der Waals surface area contributed by atoms with E-state index in [1.807, 2.05) is 18.2 Å². The molecule has 10 aromatic carbocycles. The second-order valence-electron chi connectivity index (χ2n) is 16.3. The summed E-state index contributed by atoms with van der Waals surface area (Å²) in [7, 11) is 0. The van der Waals surface area contributed by atoms with Crippen molar-refractivity contribution in [1.29, 1.82) is 0 Å². The van der Waals surface area contributed by atoms with Crippen molar-refractivity contribution >= 4 is 32.7 Å². The molecule has 0 aliphatic carbocycles. The van der Waals surface area contributed by atoms with Crippen LogP contribution in [0, 0.1) is 0 Å². The molecule has 0 aliphatic heterocycles. The van der Waals surface area contributed by atoms with Gasteiger partial charge in [-0.2, -0.15) is 0 Å². The van der Waals surface area contributed by atoms with Gasteiger partial charge in [0.15, 0.2) is 17.5 Å². The Morgan fingerprint density at radius 3 is 1.43 bits per heavy atom. The quantitative estimate of drug-likeness (QED) is 0.153. The molecule has 2 heterocycles.